The van der Waals surface area contributed by atoms with Gasteiger partial charge in [-0.05, 0) is 0 Å². The minimum atomic E-state index is -0.436. The maximum absolute atomic E-state index is 2.60. The van der Waals surface area contributed by atoms with Crippen LogP contribution < -0.4 is 14.7 Å². The van der Waals surface area contributed by atoms with Crippen LogP contribution in [0.25, 0.3) is 12.2 Å². The molecule has 0 aromatic heterocycles. The van der Waals surface area contributed by atoms with Gasteiger partial charge in [0.25, 0.3) is 0 Å². The van der Waals surface area contributed by atoms with E-state index in [1.54, 1.807) is 21.8 Å². The van der Waals surface area contributed by atoms with Gasteiger partial charge in [-0.1, -0.05) is 0 Å². The zero-order chi connectivity index (χ0) is 20.6. The summed E-state index contributed by atoms with van der Waals surface area (Å²) in [6, 6.07) is 20.7. The van der Waals surface area contributed by atoms with Crippen molar-refractivity contribution in [3.63, 3.8) is 0 Å². The molecule has 0 spiro atoms. The molecule has 3 aliphatic rings. The van der Waals surface area contributed by atoms with Gasteiger partial charge in [0.1, 0.15) is 0 Å². The number of allylic oxidation sites excluding steroid dienone is 2. The number of rotatable bonds is 1. The Hall–Kier alpha value is -1.86. The summed E-state index contributed by atoms with van der Waals surface area (Å²) in [5, 5.41) is 4.99. The van der Waals surface area contributed by atoms with Crippen LogP contribution in [-0.2, 0) is 19.2 Å². The molecule has 1 fully saturated rings. The molecule has 4 heteroatoms. The van der Waals surface area contributed by atoms with E-state index in [1.165, 1.54) is 38.7 Å². The minimum Gasteiger partial charge on any atom is -1.00 e. The average molecular weight is 478 g/mol. The molecule has 2 unspecified atom stereocenters. The first-order valence-electron chi connectivity index (χ1n) is 10.8. The van der Waals surface area contributed by atoms with Gasteiger partial charge in [0.15, 0.2) is 0 Å². The molecule has 1 aliphatic heterocycles. The summed E-state index contributed by atoms with van der Waals surface area (Å²) in [7, 11) is -0.436. The Balaban J connectivity index is 0.00000122. The van der Waals surface area contributed by atoms with Crippen molar-refractivity contribution < 1.29 is 28.6 Å². The van der Waals surface area contributed by atoms with E-state index in [-0.39, 0.29) is 28.6 Å². The summed E-state index contributed by atoms with van der Waals surface area (Å²) < 4.78 is 1.36. The average Bonchev–Trinajstić information content (AvgIpc) is 3.33. The first kappa shape index (κ1) is 23.3. The number of hydrogen-bond acceptors (Lipinski definition) is 0. The number of benzene rings is 3. The quantitative estimate of drug-likeness (QED) is 0.366. The van der Waals surface area contributed by atoms with Gasteiger partial charge in [-0.3, -0.25) is 0 Å². The molecule has 1 heterocycles. The minimum absolute atomic E-state index is 0. The molecule has 1 saturated heterocycles. The molecule has 0 amide bonds. The molecule has 0 nitrogen and oxygen atoms in total. The second-order valence-corrected chi connectivity index (χ2v) is 13.4. The molecule has 3 aromatic carbocycles. The van der Waals surface area contributed by atoms with Crippen LogP contribution in [0.3, 0.4) is 0 Å². The Labute approximate surface area is 199 Å². The van der Waals surface area contributed by atoms with Gasteiger partial charge in [0, 0.05) is 0 Å². The summed E-state index contributed by atoms with van der Waals surface area (Å²) in [5.74, 6) is 0. The molecule has 2 atom stereocenters. The molecular formula is C28H25F2PTi. The summed E-state index contributed by atoms with van der Waals surface area (Å²) in [6.45, 7) is 9.24. The van der Waals surface area contributed by atoms with E-state index in [2.05, 4.69) is 94.4 Å². The van der Waals surface area contributed by atoms with Crippen molar-refractivity contribution in [3.05, 3.63) is 110 Å². The third-order valence-electron chi connectivity index (χ3n) is 7.06. The molecule has 2 aliphatic carbocycles. The standard InChI is InChI=1S/C28H25P.2FH.Ti/c1-18-10-11-19(2)26-15-23(14-25(18)26)29(22-8-6-5-7-9-22)24-16-27-20(3)12-13-21(4)28(27)17-24;;;/h5-17H,1-4H3;2*1H;/q;;;+2/p-2. The molecule has 6 rings (SSSR count). The predicted octanol–water partition coefficient (Wildman–Crippen LogP) is 1.32. The fraction of sp³-hybridized carbons (Fsp3) is 0.214. The molecule has 0 bridgehead atoms. The van der Waals surface area contributed by atoms with E-state index in [1.807, 2.05) is 0 Å². The van der Waals surface area contributed by atoms with Crippen LogP contribution in [0.15, 0.2) is 65.2 Å². The van der Waals surface area contributed by atoms with Crippen LogP contribution in [-0.4, -0.2) is 0 Å². The topological polar surface area (TPSA) is 0 Å². The van der Waals surface area contributed by atoms with Crippen molar-refractivity contribution in [3.8, 4) is 0 Å². The second-order valence-electron chi connectivity index (χ2n) is 8.90. The third kappa shape index (κ3) is 3.23. The van der Waals surface area contributed by atoms with Gasteiger partial charge in [-0.25, -0.2) is 0 Å². The molecular weight excluding hydrogens is 453 g/mol. The monoisotopic (exact) mass is 478 g/mol. The Morgan fingerprint density at radius 3 is 1.50 bits per heavy atom. The zero-order valence-corrected chi connectivity index (χ0v) is 21.2. The van der Waals surface area contributed by atoms with Crippen molar-refractivity contribution in [2.75, 3.05) is 0 Å². The maximum atomic E-state index is 2.60. The second kappa shape index (κ2) is 8.49. The molecule has 3 aromatic rings. The summed E-state index contributed by atoms with van der Waals surface area (Å²) in [4.78, 5) is 0. The van der Waals surface area contributed by atoms with E-state index in [9.17, 15) is 0 Å². The van der Waals surface area contributed by atoms with Gasteiger partial charge in [0.05, 0.1) is 0 Å². The van der Waals surface area contributed by atoms with Crippen molar-refractivity contribution in [2.45, 2.75) is 36.1 Å². The first-order chi connectivity index (χ1) is 14.5. The molecule has 0 saturated carbocycles. The third-order valence-corrected chi connectivity index (χ3v) is 13.4. The van der Waals surface area contributed by atoms with Crippen molar-refractivity contribution in [1.29, 1.82) is 0 Å². The van der Waals surface area contributed by atoms with Crippen LogP contribution in [0.5, 0.6) is 0 Å². The van der Waals surface area contributed by atoms with Crippen LogP contribution in [0.2, 0.25) is 0 Å². The predicted molar refractivity (Wildman–Crippen MR) is 126 cm³/mol. The molecule has 32 heavy (non-hydrogen) atoms. The Kier molecular flexibility index (Phi) is 6.18. The normalized spacial score (nSPS) is 21.3. The smallest absolute Gasteiger partial charge is 1.00 e. The summed E-state index contributed by atoms with van der Waals surface area (Å²) in [6.07, 6.45) is 5.20. The fourth-order valence-electron chi connectivity index (χ4n) is 5.53. The number of halogens is 2. The SMILES string of the molecule is Cc1ccc(C)c2c1C=C1[CH]2[Ti+2][CH]2C(=Cc3c(C)ccc(C)c32)P1c1ccccc1.[F-].[F-]. The molecule has 0 N–H and O–H groups in total. The Morgan fingerprint density at radius 2 is 1.03 bits per heavy atom. The number of fused-ring (bicyclic) bond motifs is 6. The van der Waals surface area contributed by atoms with E-state index < -0.39 is 7.92 Å². The fourth-order valence-corrected chi connectivity index (χ4v) is 13.0. The zero-order valence-electron chi connectivity index (χ0n) is 18.7. The van der Waals surface area contributed by atoms with Gasteiger partial charge >= 0.3 is 190 Å². The van der Waals surface area contributed by atoms with Crippen LogP contribution in [0.4, 0.5) is 0 Å². The first-order valence-corrected chi connectivity index (χ1v) is 13.9. The number of hydrogen-bond donors (Lipinski definition) is 0. The molecule has 0 radical (unpaired) electrons. The summed E-state index contributed by atoms with van der Waals surface area (Å²) in [5.41, 5.74) is 12.2. The van der Waals surface area contributed by atoms with E-state index in [0.717, 1.165) is 0 Å². The number of aryl methyl sites for hydroxylation is 4. The summed E-state index contributed by atoms with van der Waals surface area (Å²) >= 11 is -0.222. The van der Waals surface area contributed by atoms with Crippen molar-refractivity contribution in [2.24, 2.45) is 0 Å². The van der Waals surface area contributed by atoms with Crippen molar-refractivity contribution in [1.82, 2.24) is 0 Å². The largest absolute Gasteiger partial charge is 1.00 e. The van der Waals surface area contributed by atoms with Crippen LogP contribution >= 0.6 is 7.92 Å². The van der Waals surface area contributed by atoms with E-state index >= 15 is 0 Å². The van der Waals surface area contributed by atoms with Gasteiger partial charge in [-0.2, -0.15) is 0 Å². The Bertz CT molecular complexity index is 1200. The van der Waals surface area contributed by atoms with E-state index in [0.29, 0.717) is 8.45 Å². The van der Waals surface area contributed by atoms with Crippen molar-refractivity contribution >= 4 is 25.4 Å². The van der Waals surface area contributed by atoms with Crippen LogP contribution in [0.1, 0.15) is 53.0 Å². The van der Waals surface area contributed by atoms with Gasteiger partial charge in [-0.15, -0.1) is 0 Å². The molecule has 160 valence electrons. The van der Waals surface area contributed by atoms with E-state index in [4.69, 9.17) is 0 Å². The van der Waals surface area contributed by atoms with Crippen LogP contribution in [0, 0.1) is 27.7 Å². The van der Waals surface area contributed by atoms with Gasteiger partial charge in [0.2, 0.25) is 0 Å². The Morgan fingerprint density at radius 1 is 0.594 bits per heavy atom. The van der Waals surface area contributed by atoms with Gasteiger partial charge < -0.3 is 9.41 Å². The maximum Gasteiger partial charge on any atom is -1.00 e.